The van der Waals surface area contributed by atoms with Gasteiger partial charge in [-0.2, -0.15) is 0 Å². The van der Waals surface area contributed by atoms with E-state index in [-0.39, 0.29) is 11.6 Å². The molecular weight excluding hydrogens is 316 g/mol. The second-order valence-electron chi connectivity index (χ2n) is 4.65. The van der Waals surface area contributed by atoms with Crippen LogP contribution in [0.1, 0.15) is 5.56 Å². The van der Waals surface area contributed by atoms with E-state index in [4.69, 9.17) is 0 Å². The van der Waals surface area contributed by atoms with Crippen molar-refractivity contribution in [2.75, 3.05) is 11.6 Å². The molecule has 0 bridgehead atoms. The number of non-ortho nitro benzene ring substituents is 1. The number of amides is 1. The summed E-state index contributed by atoms with van der Waals surface area (Å²) < 4.78 is 11.3. The number of anilines is 1. The third-order valence-corrected chi connectivity index (χ3v) is 3.92. The molecule has 23 heavy (non-hydrogen) atoms. The van der Waals surface area contributed by atoms with Gasteiger partial charge < -0.3 is 5.32 Å². The number of hydrogen-bond acceptors (Lipinski definition) is 4. The first kappa shape index (κ1) is 16.6. The molecule has 0 aliphatic rings. The molecule has 0 heterocycles. The van der Waals surface area contributed by atoms with Gasteiger partial charge in [0.25, 0.3) is 5.69 Å². The highest BCUT2D eigenvalue weighted by Gasteiger charge is 2.03. The van der Waals surface area contributed by atoms with Gasteiger partial charge in [-0.05, 0) is 48.0 Å². The van der Waals surface area contributed by atoms with Crippen molar-refractivity contribution in [2.45, 2.75) is 4.90 Å². The van der Waals surface area contributed by atoms with E-state index in [2.05, 4.69) is 5.32 Å². The molecule has 7 heteroatoms. The Kier molecular flexibility index (Phi) is 5.37. The fraction of sp³-hybridized carbons (Fsp3) is 0.0625. The number of nitro benzene ring substituents is 1. The first-order valence-electron chi connectivity index (χ1n) is 6.63. The Morgan fingerprint density at radius 1 is 1.13 bits per heavy atom. The molecule has 0 aliphatic carbocycles. The minimum Gasteiger partial charge on any atom is -0.323 e. The van der Waals surface area contributed by atoms with Crippen molar-refractivity contribution in [3.63, 3.8) is 0 Å². The van der Waals surface area contributed by atoms with Crippen molar-refractivity contribution in [3.05, 3.63) is 70.3 Å². The molecule has 0 aromatic heterocycles. The topological polar surface area (TPSA) is 89.3 Å². The zero-order valence-corrected chi connectivity index (χ0v) is 13.1. The number of carbonyl (C=O) groups excluding carboxylic acids is 1. The molecule has 2 aromatic rings. The summed E-state index contributed by atoms with van der Waals surface area (Å²) in [6.45, 7) is 0. The van der Waals surface area contributed by atoms with Crippen LogP contribution in [0, 0.1) is 10.1 Å². The third kappa shape index (κ3) is 4.86. The monoisotopic (exact) mass is 330 g/mol. The van der Waals surface area contributed by atoms with E-state index in [1.54, 1.807) is 48.7 Å². The largest absolute Gasteiger partial charge is 0.323 e. The van der Waals surface area contributed by atoms with E-state index in [1.165, 1.54) is 18.2 Å². The summed E-state index contributed by atoms with van der Waals surface area (Å²) in [7, 11) is -1.06. The molecule has 2 aromatic carbocycles. The molecule has 2 rings (SSSR count). The van der Waals surface area contributed by atoms with Crippen LogP contribution in [-0.2, 0) is 15.6 Å². The Morgan fingerprint density at radius 3 is 2.26 bits per heavy atom. The maximum atomic E-state index is 11.8. The Morgan fingerprint density at radius 2 is 1.74 bits per heavy atom. The number of nitrogens with one attached hydrogen (secondary N) is 1. The highest BCUT2D eigenvalue weighted by molar-refractivity contribution is 7.84. The van der Waals surface area contributed by atoms with Crippen LogP contribution in [0.3, 0.4) is 0 Å². The van der Waals surface area contributed by atoms with Crippen LogP contribution in [-0.4, -0.2) is 21.3 Å². The molecule has 0 saturated carbocycles. The lowest BCUT2D eigenvalue weighted by Crippen LogP contribution is -2.07. The maximum absolute atomic E-state index is 11.8. The van der Waals surface area contributed by atoms with E-state index in [1.807, 2.05) is 0 Å². The van der Waals surface area contributed by atoms with Crippen molar-refractivity contribution in [1.82, 2.24) is 0 Å². The maximum Gasteiger partial charge on any atom is 0.269 e. The van der Waals surface area contributed by atoms with Crippen molar-refractivity contribution >= 4 is 34.2 Å². The lowest BCUT2D eigenvalue weighted by atomic mass is 10.2. The molecule has 0 fully saturated rings. The van der Waals surface area contributed by atoms with Gasteiger partial charge in [0.15, 0.2) is 0 Å². The summed E-state index contributed by atoms with van der Waals surface area (Å²) in [5.41, 5.74) is 1.28. The zero-order chi connectivity index (χ0) is 16.8. The van der Waals surface area contributed by atoms with Gasteiger partial charge in [0.05, 0.1) is 4.92 Å². The van der Waals surface area contributed by atoms with E-state index < -0.39 is 15.7 Å². The Hall–Kier alpha value is -2.80. The minimum atomic E-state index is -1.06. The molecule has 1 atom stereocenters. The molecule has 0 saturated heterocycles. The molecule has 6 nitrogen and oxygen atoms in total. The van der Waals surface area contributed by atoms with Crippen molar-refractivity contribution in [2.24, 2.45) is 0 Å². The average molecular weight is 330 g/mol. The van der Waals surface area contributed by atoms with E-state index in [9.17, 15) is 19.1 Å². The number of benzene rings is 2. The van der Waals surface area contributed by atoms with Gasteiger partial charge in [0.2, 0.25) is 5.91 Å². The van der Waals surface area contributed by atoms with Crippen LogP contribution in [0.25, 0.3) is 6.08 Å². The molecule has 1 N–H and O–H groups in total. The quantitative estimate of drug-likeness (QED) is 0.518. The standard InChI is InChI=1S/C16H14N2O4S/c1-23(22)15-9-5-13(6-10-15)17-16(19)11-4-12-2-7-14(8-3-12)18(20)21/h2-11H,1H3,(H,17,19)/b11-4+/t23-/m0/s1. The normalized spacial score (nSPS) is 12.0. The molecule has 0 aliphatic heterocycles. The predicted molar refractivity (Wildman–Crippen MR) is 89.5 cm³/mol. The molecule has 118 valence electrons. The van der Waals surface area contributed by atoms with Crippen molar-refractivity contribution in [1.29, 1.82) is 0 Å². The van der Waals surface area contributed by atoms with Crippen molar-refractivity contribution < 1.29 is 13.9 Å². The Balaban J connectivity index is 1.98. The predicted octanol–water partition coefficient (Wildman–Crippen LogP) is 2.98. The Labute approximate surface area is 135 Å². The second kappa shape index (κ2) is 7.46. The van der Waals surface area contributed by atoms with Gasteiger partial charge in [-0.3, -0.25) is 19.1 Å². The first-order chi connectivity index (χ1) is 11.0. The molecule has 0 unspecified atom stereocenters. The number of nitrogens with zero attached hydrogens (tertiary/aromatic N) is 1. The van der Waals surface area contributed by atoms with Gasteiger partial charge >= 0.3 is 0 Å². The minimum absolute atomic E-state index is 0.00000262. The van der Waals surface area contributed by atoms with Gasteiger partial charge in [0, 0.05) is 45.8 Å². The molecule has 1 amide bonds. The first-order valence-corrected chi connectivity index (χ1v) is 8.18. The fourth-order valence-corrected chi connectivity index (χ4v) is 2.31. The van der Waals surface area contributed by atoms with Crippen LogP contribution in [0.4, 0.5) is 11.4 Å². The number of rotatable bonds is 5. The summed E-state index contributed by atoms with van der Waals surface area (Å²) in [6, 6.07) is 12.6. The lowest BCUT2D eigenvalue weighted by Gasteiger charge is -2.03. The number of carbonyl (C=O) groups is 1. The van der Waals surface area contributed by atoms with Gasteiger partial charge in [-0.1, -0.05) is 0 Å². The average Bonchev–Trinajstić information content (AvgIpc) is 2.54. The summed E-state index contributed by atoms with van der Waals surface area (Å²) in [5, 5.41) is 13.2. The second-order valence-corrected chi connectivity index (χ2v) is 6.03. The summed E-state index contributed by atoms with van der Waals surface area (Å²) in [6.07, 6.45) is 4.49. The zero-order valence-electron chi connectivity index (χ0n) is 12.3. The van der Waals surface area contributed by atoms with Gasteiger partial charge in [-0.25, -0.2) is 0 Å². The van der Waals surface area contributed by atoms with Gasteiger partial charge in [0.1, 0.15) is 0 Å². The molecule has 0 radical (unpaired) electrons. The SMILES string of the molecule is C[S@](=O)c1ccc(NC(=O)/C=C/c2ccc([N+](=O)[O-])cc2)cc1. The fourth-order valence-electron chi connectivity index (χ4n) is 1.79. The summed E-state index contributed by atoms with van der Waals surface area (Å²) >= 11 is 0. The molecule has 0 spiro atoms. The Bertz CT molecular complexity index is 768. The summed E-state index contributed by atoms with van der Waals surface area (Å²) in [4.78, 5) is 22.6. The van der Waals surface area contributed by atoms with Gasteiger partial charge in [-0.15, -0.1) is 0 Å². The smallest absolute Gasteiger partial charge is 0.269 e. The van der Waals surface area contributed by atoms with Crippen LogP contribution < -0.4 is 5.32 Å². The van der Waals surface area contributed by atoms with E-state index >= 15 is 0 Å². The van der Waals surface area contributed by atoms with Crippen LogP contribution in [0.2, 0.25) is 0 Å². The highest BCUT2D eigenvalue weighted by Crippen LogP contribution is 2.14. The molecular formula is C16H14N2O4S. The van der Waals surface area contributed by atoms with E-state index in [0.29, 0.717) is 16.1 Å². The highest BCUT2D eigenvalue weighted by atomic mass is 32.2. The lowest BCUT2D eigenvalue weighted by molar-refractivity contribution is -0.384. The van der Waals surface area contributed by atoms with Crippen molar-refractivity contribution in [3.8, 4) is 0 Å². The third-order valence-electron chi connectivity index (χ3n) is 2.98. The number of hydrogen-bond donors (Lipinski definition) is 1. The van der Waals surface area contributed by atoms with Crippen LogP contribution in [0.5, 0.6) is 0 Å². The number of nitro groups is 1. The van der Waals surface area contributed by atoms with E-state index in [0.717, 1.165) is 0 Å². The summed E-state index contributed by atoms with van der Waals surface area (Å²) in [5.74, 6) is -0.325. The van der Waals surface area contributed by atoms with Crippen LogP contribution >= 0.6 is 0 Å². The van der Waals surface area contributed by atoms with Crippen LogP contribution in [0.15, 0.2) is 59.5 Å².